The number of ether oxygens (including phenoxy) is 2. The minimum absolute atomic E-state index is 0.245. The van der Waals surface area contributed by atoms with E-state index in [0.717, 1.165) is 0 Å². The molecule has 27 heavy (non-hydrogen) atoms. The fourth-order valence-corrected chi connectivity index (χ4v) is 2.59. The van der Waals surface area contributed by atoms with Gasteiger partial charge in [-0.3, -0.25) is 0 Å². The maximum atomic E-state index is 12.4. The van der Waals surface area contributed by atoms with E-state index >= 15 is 0 Å². The van der Waals surface area contributed by atoms with E-state index < -0.39 is 17.6 Å². The Bertz CT molecular complexity index is 1150. The monoisotopic (exact) mass is 364 g/mol. The molecule has 0 aliphatic carbocycles. The van der Waals surface area contributed by atoms with Gasteiger partial charge in [-0.15, -0.1) is 0 Å². The Morgan fingerprint density at radius 3 is 1.96 bits per heavy atom. The molecule has 0 amide bonds. The first kappa shape index (κ1) is 18.1. The Morgan fingerprint density at radius 2 is 1.37 bits per heavy atom. The second-order valence-corrected chi connectivity index (χ2v) is 5.60. The lowest BCUT2D eigenvalue weighted by atomic mass is 10.1. The van der Waals surface area contributed by atoms with Gasteiger partial charge in [0.25, 0.3) is 0 Å². The Kier molecular flexibility index (Phi) is 5.17. The third-order valence-electron chi connectivity index (χ3n) is 3.70. The molecule has 0 N–H and O–H groups in total. The van der Waals surface area contributed by atoms with Crippen LogP contribution in [-0.4, -0.2) is 11.9 Å². The summed E-state index contributed by atoms with van der Waals surface area (Å²) in [5, 5.41) is 1.59. The van der Waals surface area contributed by atoms with E-state index in [1.807, 2.05) is 0 Å². The molecule has 0 aliphatic rings. The Balaban J connectivity index is 2.05. The van der Waals surface area contributed by atoms with Crippen LogP contribution in [0, 0.1) is 0 Å². The third-order valence-corrected chi connectivity index (χ3v) is 3.70. The van der Waals surface area contributed by atoms with Crippen LogP contribution in [0.2, 0.25) is 0 Å². The molecule has 3 aromatic rings. The van der Waals surface area contributed by atoms with Crippen molar-refractivity contribution in [3.8, 4) is 11.5 Å². The Hall–Kier alpha value is -3.67. The zero-order valence-corrected chi connectivity index (χ0v) is 14.7. The molecule has 0 fully saturated rings. The van der Waals surface area contributed by atoms with Crippen LogP contribution in [0.4, 0.5) is 0 Å². The summed E-state index contributed by atoms with van der Waals surface area (Å²) < 4.78 is 15.6. The van der Waals surface area contributed by atoms with Gasteiger partial charge in [0, 0.05) is 29.0 Å². The van der Waals surface area contributed by atoms with Gasteiger partial charge in [0.15, 0.2) is 0 Å². The number of hydrogen-bond acceptors (Lipinski definition) is 6. The van der Waals surface area contributed by atoms with E-state index in [-0.39, 0.29) is 22.5 Å². The summed E-state index contributed by atoms with van der Waals surface area (Å²) in [4.78, 5) is 35.5. The first-order chi connectivity index (χ1) is 13.0. The van der Waals surface area contributed by atoms with Crippen molar-refractivity contribution in [3.05, 3.63) is 71.1 Å². The second-order valence-electron chi connectivity index (χ2n) is 5.60. The number of carbonyl (C=O) groups is 2. The minimum Gasteiger partial charge on any atom is -0.423 e. The smallest absolute Gasteiger partial charge is 0.344 e. The van der Waals surface area contributed by atoms with Crippen LogP contribution in [-0.2, 0) is 9.59 Å². The van der Waals surface area contributed by atoms with Crippen LogP contribution in [0.3, 0.4) is 0 Å². The standard InChI is InChI=1S/C21H16O6/c1-3-5-19(22)25-13-7-9-15-16-10-8-14(26-20(23)6-4-2)12-18(16)27-21(24)17(15)11-13/h3-12H,1-2H3/b5-3+,6-4+. The maximum Gasteiger partial charge on any atom is 0.344 e. The van der Waals surface area contributed by atoms with Crippen LogP contribution in [0.1, 0.15) is 13.8 Å². The lowest BCUT2D eigenvalue weighted by molar-refractivity contribution is -0.129. The zero-order chi connectivity index (χ0) is 19.4. The molecule has 3 rings (SSSR count). The van der Waals surface area contributed by atoms with Gasteiger partial charge < -0.3 is 13.9 Å². The molecule has 1 aromatic heterocycles. The van der Waals surface area contributed by atoms with Crippen LogP contribution in [0.5, 0.6) is 11.5 Å². The van der Waals surface area contributed by atoms with Crippen LogP contribution in [0.15, 0.2) is 69.9 Å². The van der Waals surface area contributed by atoms with E-state index in [1.54, 1.807) is 50.3 Å². The zero-order valence-electron chi connectivity index (χ0n) is 14.7. The predicted molar refractivity (Wildman–Crippen MR) is 101 cm³/mol. The van der Waals surface area contributed by atoms with Crippen molar-refractivity contribution in [2.45, 2.75) is 13.8 Å². The molecule has 0 bridgehead atoms. The first-order valence-electron chi connectivity index (χ1n) is 8.21. The SMILES string of the molecule is C/C=C/C(=O)Oc1ccc2c(c1)oc(=O)c1cc(OC(=O)/C=C/C)ccc12. The molecule has 0 radical (unpaired) electrons. The second kappa shape index (κ2) is 7.70. The summed E-state index contributed by atoms with van der Waals surface area (Å²) in [7, 11) is 0. The minimum atomic E-state index is -0.585. The molecule has 136 valence electrons. The van der Waals surface area contributed by atoms with Gasteiger partial charge in [-0.2, -0.15) is 0 Å². The van der Waals surface area contributed by atoms with Crippen molar-refractivity contribution in [1.29, 1.82) is 0 Å². The fourth-order valence-electron chi connectivity index (χ4n) is 2.59. The molecule has 6 heteroatoms. The topological polar surface area (TPSA) is 82.8 Å². The molecule has 0 unspecified atom stereocenters. The molecule has 0 spiro atoms. The molecule has 0 aliphatic heterocycles. The van der Waals surface area contributed by atoms with Crippen LogP contribution >= 0.6 is 0 Å². The number of hydrogen-bond donors (Lipinski definition) is 0. The molecule has 6 nitrogen and oxygen atoms in total. The number of carbonyl (C=O) groups excluding carboxylic acids is 2. The molecule has 2 aromatic carbocycles. The quantitative estimate of drug-likeness (QED) is 0.229. The van der Waals surface area contributed by atoms with Gasteiger partial charge in [-0.25, -0.2) is 14.4 Å². The van der Waals surface area contributed by atoms with E-state index in [4.69, 9.17) is 13.9 Å². The highest BCUT2D eigenvalue weighted by atomic mass is 16.5. The molecular formula is C21H16O6. The molecular weight excluding hydrogens is 348 g/mol. The number of allylic oxidation sites excluding steroid dienone is 2. The summed E-state index contributed by atoms with van der Waals surface area (Å²) in [6, 6.07) is 9.54. The van der Waals surface area contributed by atoms with Crippen molar-refractivity contribution >= 4 is 33.7 Å². The largest absolute Gasteiger partial charge is 0.423 e. The predicted octanol–water partition coefficient (Wildman–Crippen LogP) is 3.91. The molecule has 1 heterocycles. The average molecular weight is 364 g/mol. The first-order valence-corrected chi connectivity index (χ1v) is 8.21. The summed E-state index contributed by atoms with van der Waals surface area (Å²) in [6.45, 7) is 3.41. The van der Waals surface area contributed by atoms with Crippen molar-refractivity contribution < 1.29 is 23.5 Å². The molecule has 0 saturated heterocycles. The van der Waals surface area contributed by atoms with Gasteiger partial charge in [0.1, 0.15) is 17.1 Å². The van der Waals surface area contributed by atoms with E-state index in [9.17, 15) is 14.4 Å². The van der Waals surface area contributed by atoms with Gasteiger partial charge in [0.05, 0.1) is 5.39 Å². The highest BCUT2D eigenvalue weighted by Gasteiger charge is 2.11. The van der Waals surface area contributed by atoms with Gasteiger partial charge >= 0.3 is 17.6 Å². The lowest BCUT2D eigenvalue weighted by Gasteiger charge is -2.07. The Morgan fingerprint density at radius 1 is 0.815 bits per heavy atom. The van der Waals surface area contributed by atoms with Crippen LogP contribution < -0.4 is 15.1 Å². The van der Waals surface area contributed by atoms with Crippen molar-refractivity contribution in [1.82, 2.24) is 0 Å². The number of fused-ring (bicyclic) bond motifs is 3. The maximum absolute atomic E-state index is 12.4. The molecule has 0 saturated carbocycles. The van der Waals surface area contributed by atoms with Crippen molar-refractivity contribution in [2.75, 3.05) is 0 Å². The average Bonchev–Trinajstić information content (AvgIpc) is 2.62. The van der Waals surface area contributed by atoms with E-state index in [0.29, 0.717) is 10.8 Å². The van der Waals surface area contributed by atoms with E-state index in [2.05, 4.69) is 0 Å². The third kappa shape index (κ3) is 3.95. The normalized spacial score (nSPS) is 11.5. The molecule has 0 atom stereocenters. The lowest BCUT2D eigenvalue weighted by Crippen LogP contribution is -2.06. The van der Waals surface area contributed by atoms with Crippen LogP contribution in [0.25, 0.3) is 21.7 Å². The Labute approximate surface area is 154 Å². The summed E-state index contributed by atoms with van der Waals surface area (Å²) in [6.07, 6.45) is 5.70. The summed E-state index contributed by atoms with van der Waals surface area (Å²) in [5.41, 5.74) is -0.296. The highest BCUT2D eigenvalue weighted by molar-refractivity contribution is 6.05. The number of rotatable bonds is 4. The summed E-state index contributed by atoms with van der Waals surface area (Å²) >= 11 is 0. The van der Waals surface area contributed by atoms with E-state index in [1.165, 1.54) is 24.3 Å². The highest BCUT2D eigenvalue weighted by Crippen LogP contribution is 2.28. The van der Waals surface area contributed by atoms with Gasteiger partial charge in [-0.1, -0.05) is 12.2 Å². The van der Waals surface area contributed by atoms with Gasteiger partial charge in [0.2, 0.25) is 0 Å². The van der Waals surface area contributed by atoms with Crippen molar-refractivity contribution in [3.63, 3.8) is 0 Å². The number of esters is 2. The summed E-state index contributed by atoms with van der Waals surface area (Å²) in [5.74, 6) is -0.540. The van der Waals surface area contributed by atoms with Crippen molar-refractivity contribution in [2.24, 2.45) is 0 Å². The fraction of sp³-hybridized carbons (Fsp3) is 0.0952. The number of benzene rings is 2. The van der Waals surface area contributed by atoms with Gasteiger partial charge in [-0.05, 0) is 44.2 Å².